The summed E-state index contributed by atoms with van der Waals surface area (Å²) in [7, 11) is 0. The van der Waals surface area contributed by atoms with E-state index in [0.29, 0.717) is 29.1 Å². The van der Waals surface area contributed by atoms with Gasteiger partial charge in [-0.15, -0.1) is 0 Å². The van der Waals surface area contributed by atoms with Crippen LogP contribution in [0.3, 0.4) is 0 Å². The normalized spacial score (nSPS) is 21.0. The van der Waals surface area contributed by atoms with Gasteiger partial charge in [-0.25, -0.2) is 14.4 Å². The van der Waals surface area contributed by atoms with Gasteiger partial charge < -0.3 is 15.9 Å². The molecular formula is C27H29ClFN3O3. The molecule has 0 bridgehead atoms. The maximum Gasteiger partial charge on any atom is 0.166 e. The Hall–Kier alpha value is -2.87. The zero-order chi connectivity index (χ0) is 25.2. The lowest BCUT2D eigenvalue weighted by molar-refractivity contribution is 0.0168. The highest BCUT2D eigenvalue weighted by Gasteiger charge is 2.30. The second-order valence-electron chi connectivity index (χ2n) is 9.56. The summed E-state index contributed by atoms with van der Waals surface area (Å²) < 4.78 is 15.1. The summed E-state index contributed by atoms with van der Waals surface area (Å²) in [4.78, 5) is 21.8. The molecule has 0 amide bonds. The molecule has 8 heteroatoms. The number of halogens is 2. The molecule has 4 rings (SSSR count). The Balaban J connectivity index is 1.54. The number of anilines is 1. The molecule has 0 unspecified atom stereocenters. The Bertz CT molecular complexity index is 1220. The molecule has 0 saturated heterocycles. The molecule has 1 heterocycles. The van der Waals surface area contributed by atoms with E-state index in [9.17, 15) is 15.0 Å². The second kappa shape index (κ2) is 10.4. The monoisotopic (exact) mass is 497 g/mol. The summed E-state index contributed by atoms with van der Waals surface area (Å²) in [5.74, 6) is -1.27. The largest absolute Gasteiger partial charge is 0.396 e. The number of rotatable bonds is 7. The smallest absolute Gasteiger partial charge is 0.166 e. The lowest BCUT2D eigenvalue weighted by Crippen LogP contribution is -2.29. The molecule has 2 aromatic carbocycles. The molecule has 0 aliphatic heterocycles. The topological polar surface area (TPSA) is 109 Å². The lowest BCUT2D eigenvalue weighted by atomic mass is 9.79. The molecule has 35 heavy (non-hydrogen) atoms. The van der Waals surface area contributed by atoms with Crippen LogP contribution >= 0.6 is 11.6 Å². The molecule has 1 fully saturated rings. The number of carbonyl (C=O) groups excluding carboxylic acids is 1. The SMILES string of the molecule is CC1(O)CCC(c2cnc(N)c(-c3ccc(C(=O)C[C@H](CO)c4cccc(Cl)c4)c(F)c3)n2)CC1. The zero-order valence-corrected chi connectivity index (χ0v) is 20.3. The van der Waals surface area contributed by atoms with Crippen molar-refractivity contribution in [3.8, 4) is 11.3 Å². The van der Waals surface area contributed by atoms with E-state index in [4.69, 9.17) is 17.3 Å². The lowest BCUT2D eigenvalue weighted by Gasteiger charge is -2.32. The van der Waals surface area contributed by atoms with Crippen molar-refractivity contribution in [2.75, 3.05) is 12.3 Å². The number of nitrogen functional groups attached to an aromatic ring is 1. The molecule has 3 aromatic rings. The number of hydrogen-bond acceptors (Lipinski definition) is 6. The Morgan fingerprint density at radius 2 is 2.00 bits per heavy atom. The van der Waals surface area contributed by atoms with Crippen LogP contribution in [0.15, 0.2) is 48.7 Å². The third-order valence-corrected chi connectivity index (χ3v) is 7.05. The molecule has 184 valence electrons. The number of aliphatic hydroxyl groups excluding tert-OH is 1. The van der Waals surface area contributed by atoms with Crippen molar-refractivity contribution in [3.63, 3.8) is 0 Å². The second-order valence-corrected chi connectivity index (χ2v) is 9.99. The first kappa shape index (κ1) is 25.2. The van der Waals surface area contributed by atoms with Crippen molar-refractivity contribution in [1.82, 2.24) is 9.97 Å². The van der Waals surface area contributed by atoms with E-state index < -0.39 is 23.1 Å². The predicted octanol–water partition coefficient (Wildman–Crippen LogP) is 5.28. The fourth-order valence-corrected chi connectivity index (χ4v) is 4.83. The third kappa shape index (κ3) is 5.86. The first-order valence-corrected chi connectivity index (χ1v) is 12.1. The summed E-state index contributed by atoms with van der Waals surface area (Å²) in [5.41, 5.74) is 7.62. The maximum absolute atomic E-state index is 15.1. The fraction of sp³-hybridized carbons (Fsp3) is 0.370. The van der Waals surface area contributed by atoms with E-state index in [-0.39, 0.29) is 30.3 Å². The number of benzene rings is 2. The predicted molar refractivity (Wildman–Crippen MR) is 134 cm³/mol. The van der Waals surface area contributed by atoms with Gasteiger partial charge in [0.1, 0.15) is 17.3 Å². The molecule has 1 atom stereocenters. The fourth-order valence-electron chi connectivity index (χ4n) is 4.63. The van der Waals surface area contributed by atoms with Crippen molar-refractivity contribution >= 4 is 23.2 Å². The molecule has 4 N–H and O–H groups in total. The van der Waals surface area contributed by atoms with Crippen LogP contribution in [0.2, 0.25) is 5.02 Å². The number of nitrogens with zero attached hydrogens (tertiary/aromatic N) is 2. The molecule has 1 aliphatic rings. The number of carbonyl (C=O) groups is 1. The number of ketones is 1. The minimum atomic E-state index is -0.685. The van der Waals surface area contributed by atoms with Gasteiger partial charge in [-0.3, -0.25) is 4.79 Å². The molecule has 0 spiro atoms. The van der Waals surface area contributed by atoms with Crippen LogP contribution < -0.4 is 5.73 Å². The van der Waals surface area contributed by atoms with Gasteiger partial charge >= 0.3 is 0 Å². The number of aliphatic hydroxyl groups is 2. The van der Waals surface area contributed by atoms with Gasteiger partial charge in [0, 0.05) is 28.8 Å². The van der Waals surface area contributed by atoms with Crippen LogP contribution in [-0.2, 0) is 0 Å². The van der Waals surface area contributed by atoms with Gasteiger partial charge in [-0.05, 0) is 62.4 Å². The molecule has 1 aromatic heterocycles. The molecular weight excluding hydrogens is 469 g/mol. The van der Waals surface area contributed by atoms with Gasteiger partial charge in [0.05, 0.1) is 29.7 Å². The van der Waals surface area contributed by atoms with Crippen LogP contribution in [-0.4, -0.2) is 38.2 Å². The first-order chi connectivity index (χ1) is 16.7. The van der Waals surface area contributed by atoms with Gasteiger partial charge in [-0.1, -0.05) is 29.8 Å². The Morgan fingerprint density at radius 3 is 2.66 bits per heavy atom. The highest BCUT2D eigenvalue weighted by molar-refractivity contribution is 6.30. The number of nitrogens with two attached hydrogens (primary N) is 1. The summed E-state index contributed by atoms with van der Waals surface area (Å²) in [6.45, 7) is 1.58. The number of hydrogen-bond donors (Lipinski definition) is 3. The van der Waals surface area contributed by atoms with Crippen LogP contribution in [0.1, 0.15) is 72.5 Å². The molecule has 1 saturated carbocycles. The van der Waals surface area contributed by atoms with E-state index in [1.165, 1.54) is 12.1 Å². The van der Waals surface area contributed by atoms with Crippen LogP contribution in [0, 0.1) is 5.82 Å². The van der Waals surface area contributed by atoms with E-state index >= 15 is 4.39 Å². The molecule has 0 radical (unpaired) electrons. The minimum Gasteiger partial charge on any atom is -0.396 e. The Morgan fingerprint density at radius 1 is 1.26 bits per heavy atom. The summed E-state index contributed by atoms with van der Waals surface area (Å²) in [5, 5.41) is 20.5. The summed E-state index contributed by atoms with van der Waals surface area (Å²) in [6.07, 6.45) is 4.50. The highest BCUT2D eigenvalue weighted by Crippen LogP contribution is 2.38. The van der Waals surface area contributed by atoms with Crippen LogP contribution in [0.25, 0.3) is 11.3 Å². The van der Waals surface area contributed by atoms with E-state index in [0.717, 1.165) is 24.1 Å². The van der Waals surface area contributed by atoms with Crippen molar-refractivity contribution in [2.45, 2.75) is 56.5 Å². The first-order valence-electron chi connectivity index (χ1n) is 11.7. The van der Waals surface area contributed by atoms with Gasteiger partial charge in [0.2, 0.25) is 0 Å². The van der Waals surface area contributed by atoms with E-state index in [1.807, 2.05) is 6.92 Å². The minimum absolute atomic E-state index is 0.0595. The van der Waals surface area contributed by atoms with Gasteiger partial charge in [0.25, 0.3) is 0 Å². The Kier molecular flexibility index (Phi) is 7.50. The number of aromatic nitrogens is 2. The van der Waals surface area contributed by atoms with Crippen LogP contribution in [0.5, 0.6) is 0 Å². The van der Waals surface area contributed by atoms with Crippen molar-refractivity contribution in [1.29, 1.82) is 0 Å². The zero-order valence-electron chi connectivity index (χ0n) is 19.5. The molecule has 1 aliphatic carbocycles. The molecule has 6 nitrogen and oxygen atoms in total. The quantitative estimate of drug-likeness (QED) is 0.383. The van der Waals surface area contributed by atoms with Gasteiger partial charge in [-0.2, -0.15) is 0 Å². The Labute approximate surface area is 209 Å². The van der Waals surface area contributed by atoms with E-state index in [1.54, 1.807) is 36.5 Å². The van der Waals surface area contributed by atoms with Gasteiger partial charge in [0.15, 0.2) is 5.78 Å². The summed E-state index contributed by atoms with van der Waals surface area (Å²) in [6, 6.07) is 11.2. The number of Topliss-reactive ketones (excluding diaryl/α,β-unsaturated/α-hetero) is 1. The van der Waals surface area contributed by atoms with Crippen molar-refractivity contribution in [3.05, 3.63) is 76.3 Å². The average Bonchev–Trinajstić information content (AvgIpc) is 2.82. The highest BCUT2D eigenvalue weighted by atomic mass is 35.5. The standard InChI is InChI=1S/C27H29ClFN3O3/c1-27(35)9-7-16(8-10-27)23-14-31-26(30)25(32-23)18-5-6-21(22(29)12-18)24(34)13-19(15-33)17-3-2-4-20(28)11-17/h2-6,11-12,14,16,19,33,35H,7-10,13,15H2,1H3,(H2,30,31)/t16?,19-,27?/m1/s1. The van der Waals surface area contributed by atoms with Crippen LogP contribution in [0.4, 0.5) is 10.2 Å². The van der Waals surface area contributed by atoms with Crippen molar-refractivity contribution < 1.29 is 19.4 Å². The third-order valence-electron chi connectivity index (χ3n) is 6.82. The average molecular weight is 498 g/mol. The van der Waals surface area contributed by atoms with E-state index in [2.05, 4.69) is 9.97 Å². The summed E-state index contributed by atoms with van der Waals surface area (Å²) >= 11 is 6.03. The maximum atomic E-state index is 15.1. The van der Waals surface area contributed by atoms with Crippen molar-refractivity contribution in [2.24, 2.45) is 0 Å².